The lowest BCUT2D eigenvalue weighted by Gasteiger charge is -2.08. The van der Waals surface area contributed by atoms with Crippen molar-refractivity contribution in [3.8, 4) is 0 Å². The van der Waals surface area contributed by atoms with Crippen LogP contribution in [-0.2, 0) is 19.5 Å². The summed E-state index contributed by atoms with van der Waals surface area (Å²) < 4.78 is 4.05. The van der Waals surface area contributed by atoms with Crippen molar-refractivity contribution in [2.45, 2.75) is 60.2 Å². The quantitative estimate of drug-likeness (QED) is 0.851. The van der Waals surface area contributed by atoms with Crippen LogP contribution < -0.4 is 5.32 Å². The Labute approximate surface area is 127 Å². The molecule has 2 rings (SSSR count). The van der Waals surface area contributed by atoms with Crippen molar-refractivity contribution in [1.82, 2.24) is 24.9 Å². The van der Waals surface area contributed by atoms with Gasteiger partial charge in [-0.25, -0.2) is 0 Å². The van der Waals surface area contributed by atoms with E-state index in [4.69, 9.17) is 5.10 Å². The molecular formula is C16H27N5. The molecule has 0 unspecified atom stereocenters. The first-order valence-electron chi connectivity index (χ1n) is 7.78. The topological polar surface area (TPSA) is 47.7 Å². The van der Waals surface area contributed by atoms with Crippen molar-refractivity contribution in [3.63, 3.8) is 0 Å². The molecule has 2 heterocycles. The van der Waals surface area contributed by atoms with E-state index < -0.39 is 0 Å². The van der Waals surface area contributed by atoms with Crippen LogP contribution in [-0.4, -0.2) is 32.1 Å². The summed E-state index contributed by atoms with van der Waals surface area (Å²) in [4.78, 5) is 0. The van der Waals surface area contributed by atoms with Gasteiger partial charge in [-0.3, -0.25) is 9.36 Å². The number of hydrogen-bond donors (Lipinski definition) is 1. The molecule has 1 N–H and O–H groups in total. The first-order chi connectivity index (χ1) is 10.0. The van der Waals surface area contributed by atoms with Gasteiger partial charge in [-0.2, -0.15) is 10.2 Å². The van der Waals surface area contributed by atoms with E-state index in [-0.39, 0.29) is 0 Å². The fraction of sp³-hybridized carbons (Fsp3) is 0.625. The third kappa shape index (κ3) is 3.94. The summed E-state index contributed by atoms with van der Waals surface area (Å²) in [5.74, 6) is 0. The van der Waals surface area contributed by atoms with Crippen molar-refractivity contribution < 1.29 is 0 Å². The molecule has 2 aromatic heterocycles. The lowest BCUT2D eigenvalue weighted by Crippen LogP contribution is -2.25. The maximum atomic E-state index is 4.69. The summed E-state index contributed by atoms with van der Waals surface area (Å²) in [5, 5.41) is 12.5. The maximum Gasteiger partial charge on any atom is 0.0693 e. The van der Waals surface area contributed by atoms with E-state index in [0.717, 1.165) is 31.7 Å². The molecular weight excluding hydrogens is 262 g/mol. The third-order valence-corrected chi connectivity index (χ3v) is 3.80. The van der Waals surface area contributed by atoms with E-state index in [1.807, 2.05) is 10.9 Å². The zero-order valence-corrected chi connectivity index (χ0v) is 13.8. The molecule has 5 nitrogen and oxygen atoms in total. The molecule has 0 aromatic carbocycles. The summed E-state index contributed by atoms with van der Waals surface area (Å²) in [6.07, 6.45) is 5.06. The summed E-state index contributed by atoms with van der Waals surface area (Å²) >= 11 is 0. The Kier molecular flexibility index (Phi) is 5.17. The largest absolute Gasteiger partial charge is 0.314 e. The lowest BCUT2D eigenvalue weighted by atomic mass is 10.1. The average Bonchev–Trinajstić information content (AvgIpc) is 2.98. The monoisotopic (exact) mass is 289 g/mol. The first-order valence-corrected chi connectivity index (χ1v) is 7.78. The highest BCUT2D eigenvalue weighted by Gasteiger charge is 2.12. The highest BCUT2D eigenvalue weighted by molar-refractivity contribution is 5.25. The zero-order chi connectivity index (χ0) is 15.4. The second-order valence-corrected chi connectivity index (χ2v) is 5.87. The maximum absolute atomic E-state index is 4.69. The Morgan fingerprint density at radius 1 is 1.29 bits per heavy atom. The van der Waals surface area contributed by atoms with Gasteiger partial charge in [0.1, 0.15) is 0 Å². The molecule has 0 radical (unpaired) electrons. The van der Waals surface area contributed by atoms with Crippen molar-refractivity contribution in [2.24, 2.45) is 0 Å². The predicted octanol–water partition coefficient (Wildman–Crippen LogP) is 2.31. The Hall–Kier alpha value is -1.62. The van der Waals surface area contributed by atoms with Crippen LogP contribution in [0.3, 0.4) is 0 Å². The van der Waals surface area contributed by atoms with Gasteiger partial charge in [-0.1, -0.05) is 13.8 Å². The van der Waals surface area contributed by atoms with E-state index >= 15 is 0 Å². The minimum atomic E-state index is 0.528. The van der Waals surface area contributed by atoms with Crippen molar-refractivity contribution in [1.29, 1.82) is 0 Å². The average molecular weight is 289 g/mol. The second kappa shape index (κ2) is 6.89. The van der Waals surface area contributed by atoms with Crippen molar-refractivity contribution in [2.75, 3.05) is 6.54 Å². The third-order valence-electron chi connectivity index (χ3n) is 3.80. The molecule has 0 fully saturated rings. The van der Waals surface area contributed by atoms with Gasteiger partial charge < -0.3 is 5.32 Å². The number of hydrogen-bond acceptors (Lipinski definition) is 3. The minimum absolute atomic E-state index is 0.528. The Bertz CT molecular complexity index is 580. The Morgan fingerprint density at radius 3 is 2.67 bits per heavy atom. The standard InChI is InChI=1S/C16H27N5/c1-6-20-10-15(9-18-20)11-21-14(5)16(13(4)19-21)7-8-17-12(2)3/h9-10,12,17H,6-8,11H2,1-5H3. The summed E-state index contributed by atoms with van der Waals surface area (Å²) in [6, 6.07) is 0.528. The molecule has 0 aliphatic rings. The minimum Gasteiger partial charge on any atom is -0.314 e. The molecule has 0 aliphatic carbocycles. The summed E-state index contributed by atoms with van der Waals surface area (Å²) in [7, 11) is 0. The lowest BCUT2D eigenvalue weighted by molar-refractivity contribution is 0.588. The number of rotatable bonds is 7. The second-order valence-electron chi connectivity index (χ2n) is 5.87. The van der Waals surface area contributed by atoms with Crippen LogP contribution in [0.15, 0.2) is 12.4 Å². The molecule has 0 bridgehead atoms. The Balaban J connectivity index is 2.07. The molecule has 21 heavy (non-hydrogen) atoms. The molecule has 0 atom stereocenters. The highest BCUT2D eigenvalue weighted by Crippen LogP contribution is 2.15. The summed E-state index contributed by atoms with van der Waals surface area (Å²) in [5.41, 5.74) is 4.98. The van der Waals surface area contributed by atoms with Gasteiger partial charge in [0.15, 0.2) is 0 Å². The van der Waals surface area contributed by atoms with E-state index in [1.165, 1.54) is 16.8 Å². The van der Waals surface area contributed by atoms with Gasteiger partial charge >= 0.3 is 0 Å². The fourth-order valence-electron chi connectivity index (χ4n) is 2.57. The van der Waals surface area contributed by atoms with Crippen LogP contribution >= 0.6 is 0 Å². The number of aromatic nitrogens is 4. The van der Waals surface area contributed by atoms with Gasteiger partial charge in [0, 0.05) is 30.0 Å². The molecule has 0 saturated heterocycles. The smallest absolute Gasteiger partial charge is 0.0693 e. The number of nitrogens with zero attached hydrogens (tertiary/aromatic N) is 4. The van der Waals surface area contributed by atoms with Gasteiger partial charge in [-0.15, -0.1) is 0 Å². The molecule has 0 spiro atoms. The number of aryl methyl sites for hydroxylation is 2. The van der Waals surface area contributed by atoms with E-state index in [2.05, 4.69) is 55.9 Å². The zero-order valence-electron chi connectivity index (χ0n) is 13.8. The molecule has 0 saturated carbocycles. The van der Waals surface area contributed by atoms with Crippen molar-refractivity contribution in [3.05, 3.63) is 34.9 Å². The molecule has 2 aromatic rings. The van der Waals surface area contributed by atoms with Gasteiger partial charge in [-0.05, 0) is 39.3 Å². The SMILES string of the molecule is CCn1cc(Cn2nc(C)c(CCNC(C)C)c2C)cn1. The predicted molar refractivity (Wildman–Crippen MR) is 85.5 cm³/mol. The van der Waals surface area contributed by atoms with E-state index in [0.29, 0.717) is 6.04 Å². The summed E-state index contributed by atoms with van der Waals surface area (Å²) in [6.45, 7) is 13.4. The van der Waals surface area contributed by atoms with E-state index in [1.54, 1.807) is 0 Å². The molecule has 116 valence electrons. The van der Waals surface area contributed by atoms with Crippen LogP contribution in [0.5, 0.6) is 0 Å². The van der Waals surface area contributed by atoms with Crippen LogP contribution in [0, 0.1) is 13.8 Å². The van der Waals surface area contributed by atoms with E-state index in [9.17, 15) is 0 Å². The van der Waals surface area contributed by atoms with Crippen LogP contribution in [0.2, 0.25) is 0 Å². The van der Waals surface area contributed by atoms with Crippen LogP contribution in [0.1, 0.15) is 43.3 Å². The normalized spacial score (nSPS) is 11.5. The van der Waals surface area contributed by atoms with Crippen LogP contribution in [0.25, 0.3) is 0 Å². The molecule has 0 amide bonds. The fourth-order valence-corrected chi connectivity index (χ4v) is 2.57. The Morgan fingerprint density at radius 2 is 2.05 bits per heavy atom. The van der Waals surface area contributed by atoms with Gasteiger partial charge in [0.05, 0.1) is 18.4 Å². The highest BCUT2D eigenvalue weighted by atomic mass is 15.3. The van der Waals surface area contributed by atoms with Gasteiger partial charge in [0.25, 0.3) is 0 Å². The number of nitrogens with one attached hydrogen (secondary N) is 1. The van der Waals surface area contributed by atoms with Crippen LogP contribution in [0.4, 0.5) is 0 Å². The van der Waals surface area contributed by atoms with Crippen molar-refractivity contribution >= 4 is 0 Å². The molecule has 0 aliphatic heterocycles. The van der Waals surface area contributed by atoms with Gasteiger partial charge in [0.2, 0.25) is 0 Å². The first kappa shape index (κ1) is 15.8. The molecule has 5 heteroatoms.